The Morgan fingerprint density at radius 1 is 1.25 bits per heavy atom. The Balaban J connectivity index is 3.19. The SMILES string of the molecule is CCOC(CC)(CC)C(NC)c1ccc(OC)c(F)c1. The van der Waals surface area contributed by atoms with E-state index in [4.69, 9.17) is 9.47 Å². The van der Waals surface area contributed by atoms with Gasteiger partial charge in [0.1, 0.15) is 0 Å². The van der Waals surface area contributed by atoms with Gasteiger partial charge < -0.3 is 14.8 Å². The zero-order valence-corrected chi connectivity index (χ0v) is 13.1. The highest BCUT2D eigenvalue weighted by atomic mass is 19.1. The average molecular weight is 283 g/mol. The second-order valence-corrected chi connectivity index (χ2v) is 4.82. The summed E-state index contributed by atoms with van der Waals surface area (Å²) < 4.78 is 24.9. The summed E-state index contributed by atoms with van der Waals surface area (Å²) in [6.45, 7) is 6.83. The molecule has 0 aliphatic rings. The summed E-state index contributed by atoms with van der Waals surface area (Å²) in [6.07, 6.45) is 1.72. The van der Waals surface area contributed by atoms with E-state index in [2.05, 4.69) is 19.2 Å². The Bertz CT molecular complexity index is 419. The van der Waals surface area contributed by atoms with Gasteiger partial charge >= 0.3 is 0 Å². The van der Waals surface area contributed by atoms with E-state index >= 15 is 0 Å². The summed E-state index contributed by atoms with van der Waals surface area (Å²) in [7, 11) is 3.35. The molecule has 0 bridgehead atoms. The van der Waals surface area contributed by atoms with E-state index in [-0.39, 0.29) is 23.2 Å². The molecule has 1 aromatic carbocycles. The molecule has 1 N–H and O–H groups in total. The van der Waals surface area contributed by atoms with E-state index in [0.29, 0.717) is 6.61 Å². The fourth-order valence-electron chi connectivity index (χ4n) is 2.83. The van der Waals surface area contributed by atoms with Crippen LogP contribution >= 0.6 is 0 Å². The van der Waals surface area contributed by atoms with Gasteiger partial charge in [-0.25, -0.2) is 4.39 Å². The molecule has 1 rings (SSSR count). The molecule has 114 valence electrons. The monoisotopic (exact) mass is 283 g/mol. The first-order valence-electron chi connectivity index (χ1n) is 7.23. The van der Waals surface area contributed by atoms with Crippen LogP contribution in [0.15, 0.2) is 18.2 Å². The first kappa shape index (κ1) is 16.9. The normalized spacial score (nSPS) is 13.3. The maximum absolute atomic E-state index is 13.9. The molecule has 0 aliphatic heterocycles. The Morgan fingerprint density at radius 2 is 1.90 bits per heavy atom. The molecule has 4 heteroatoms. The lowest BCUT2D eigenvalue weighted by molar-refractivity contribution is -0.0718. The van der Waals surface area contributed by atoms with Gasteiger partial charge in [-0.2, -0.15) is 0 Å². The molecule has 20 heavy (non-hydrogen) atoms. The van der Waals surface area contributed by atoms with Crippen molar-refractivity contribution in [3.63, 3.8) is 0 Å². The van der Waals surface area contributed by atoms with Crippen molar-refractivity contribution >= 4 is 0 Å². The molecule has 1 atom stereocenters. The highest BCUT2D eigenvalue weighted by Crippen LogP contribution is 2.36. The first-order chi connectivity index (χ1) is 9.58. The minimum Gasteiger partial charge on any atom is -0.494 e. The smallest absolute Gasteiger partial charge is 0.165 e. The highest BCUT2D eigenvalue weighted by Gasteiger charge is 2.36. The third-order valence-electron chi connectivity index (χ3n) is 3.95. The number of ether oxygens (including phenoxy) is 2. The molecule has 0 aromatic heterocycles. The standard InChI is InChI=1S/C16H26FNO2/c1-6-16(7-2,20-8-3)15(18-4)12-9-10-14(19-5)13(17)11-12/h9-11,15,18H,6-8H2,1-5H3. The van der Waals surface area contributed by atoms with E-state index in [0.717, 1.165) is 18.4 Å². The fraction of sp³-hybridized carbons (Fsp3) is 0.625. The van der Waals surface area contributed by atoms with Crippen molar-refractivity contribution in [3.05, 3.63) is 29.6 Å². The maximum Gasteiger partial charge on any atom is 0.165 e. The van der Waals surface area contributed by atoms with Crippen LogP contribution in [0.5, 0.6) is 5.75 Å². The third-order valence-corrected chi connectivity index (χ3v) is 3.95. The van der Waals surface area contributed by atoms with Crippen molar-refractivity contribution in [2.45, 2.75) is 45.3 Å². The molecule has 0 saturated carbocycles. The summed E-state index contributed by atoms with van der Waals surface area (Å²) in [6, 6.07) is 5.02. The van der Waals surface area contributed by atoms with Crippen LogP contribution in [0.4, 0.5) is 4.39 Å². The molecule has 0 heterocycles. The highest BCUT2D eigenvalue weighted by molar-refractivity contribution is 5.32. The first-order valence-corrected chi connectivity index (χ1v) is 7.23. The van der Waals surface area contributed by atoms with Gasteiger partial charge in [0.2, 0.25) is 0 Å². The molecule has 0 aliphatic carbocycles. The predicted octanol–water partition coefficient (Wildman–Crippen LogP) is 3.69. The largest absolute Gasteiger partial charge is 0.494 e. The van der Waals surface area contributed by atoms with E-state index in [9.17, 15) is 4.39 Å². The van der Waals surface area contributed by atoms with Gasteiger partial charge in [0, 0.05) is 6.61 Å². The third kappa shape index (κ3) is 3.30. The lowest BCUT2D eigenvalue weighted by atomic mass is 9.83. The summed E-state index contributed by atoms with van der Waals surface area (Å²) in [5, 5.41) is 3.28. The number of benzene rings is 1. The van der Waals surface area contributed by atoms with Gasteiger partial charge in [-0.15, -0.1) is 0 Å². The molecule has 0 saturated heterocycles. The molecule has 0 fully saturated rings. The number of halogens is 1. The quantitative estimate of drug-likeness (QED) is 0.789. The average Bonchev–Trinajstić information content (AvgIpc) is 2.47. The van der Waals surface area contributed by atoms with Crippen LogP contribution in [0.25, 0.3) is 0 Å². The number of rotatable bonds is 8. The number of likely N-dealkylation sites (N-methyl/N-ethyl adjacent to an activating group) is 1. The van der Waals surface area contributed by atoms with Gasteiger partial charge in [-0.05, 0) is 44.5 Å². The van der Waals surface area contributed by atoms with Crippen LogP contribution in [-0.2, 0) is 4.74 Å². The zero-order chi connectivity index (χ0) is 15.2. The summed E-state index contributed by atoms with van der Waals surface area (Å²) in [5.74, 6) is -0.0820. The number of hydrogen-bond acceptors (Lipinski definition) is 3. The molecule has 0 amide bonds. The second-order valence-electron chi connectivity index (χ2n) is 4.82. The molecule has 1 unspecified atom stereocenters. The Labute approximate surface area is 121 Å². The summed E-state index contributed by atoms with van der Waals surface area (Å²) in [4.78, 5) is 0. The van der Waals surface area contributed by atoms with Crippen molar-refractivity contribution in [1.29, 1.82) is 0 Å². The van der Waals surface area contributed by atoms with E-state index < -0.39 is 0 Å². The van der Waals surface area contributed by atoms with Crippen LogP contribution < -0.4 is 10.1 Å². The molecule has 1 aromatic rings. The van der Waals surface area contributed by atoms with Gasteiger partial charge in [0.05, 0.1) is 18.8 Å². The fourth-order valence-corrected chi connectivity index (χ4v) is 2.83. The Hall–Kier alpha value is -1.13. The van der Waals surface area contributed by atoms with Gasteiger partial charge in [0.25, 0.3) is 0 Å². The van der Waals surface area contributed by atoms with Crippen molar-refractivity contribution in [2.24, 2.45) is 0 Å². The van der Waals surface area contributed by atoms with Crippen molar-refractivity contribution in [1.82, 2.24) is 5.32 Å². The predicted molar refractivity (Wildman–Crippen MR) is 79.7 cm³/mol. The zero-order valence-electron chi connectivity index (χ0n) is 13.1. The van der Waals surface area contributed by atoms with Crippen LogP contribution in [-0.4, -0.2) is 26.4 Å². The van der Waals surface area contributed by atoms with Crippen LogP contribution in [0, 0.1) is 5.82 Å². The summed E-state index contributed by atoms with van der Waals surface area (Å²) >= 11 is 0. The minimum absolute atomic E-state index is 0.0575. The molecular formula is C16H26FNO2. The van der Waals surface area contributed by atoms with Gasteiger partial charge in [-0.1, -0.05) is 19.9 Å². The maximum atomic E-state index is 13.9. The van der Waals surface area contributed by atoms with E-state index in [1.807, 2.05) is 20.0 Å². The molecule has 0 radical (unpaired) electrons. The van der Waals surface area contributed by atoms with Crippen molar-refractivity contribution in [3.8, 4) is 5.75 Å². The lowest BCUT2D eigenvalue weighted by Gasteiger charge is -2.39. The van der Waals surface area contributed by atoms with Gasteiger partial charge in [-0.3, -0.25) is 0 Å². The second kappa shape index (κ2) is 7.60. The topological polar surface area (TPSA) is 30.5 Å². The van der Waals surface area contributed by atoms with E-state index in [1.165, 1.54) is 13.2 Å². The van der Waals surface area contributed by atoms with Crippen LogP contribution in [0.3, 0.4) is 0 Å². The Morgan fingerprint density at radius 3 is 2.30 bits per heavy atom. The molecule has 3 nitrogen and oxygen atoms in total. The van der Waals surface area contributed by atoms with Gasteiger partial charge in [0.15, 0.2) is 11.6 Å². The minimum atomic E-state index is -0.345. The molecule has 0 spiro atoms. The Kier molecular flexibility index (Phi) is 6.43. The van der Waals surface area contributed by atoms with E-state index in [1.54, 1.807) is 6.07 Å². The molecular weight excluding hydrogens is 257 g/mol. The van der Waals surface area contributed by atoms with Crippen LogP contribution in [0.2, 0.25) is 0 Å². The lowest BCUT2D eigenvalue weighted by Crippen LogP contribution is -2.44. The summed E-state index contributed by atoms with van der Waals surface area (Å²) in [5.41, 5.74) is 0.549. The van der Waals surface area contributed by atoms with Crippen molar-refractivity contribution < 1.29 is 13.9 Å². The number of methoxy groups -OCH3 is 1. The van der Waals surface area contributed by atoms with Crippen LogP contribution in [0.1, 0.15) is 45.2 Å². The number of nitrogens with one attached hydrogen (secondary N) is 1. The van der Waals surface area contributed by atoms with Crippen molar-refractivity contribution in [2.75, 3.05) is 20.8 Å². The number of hydrogen-bond donors (Lipinski definition) is 1.